The molecule has 2 N–H and O–H groups in total. The maximum absolute atomic E-state index is 9.56. The van der Waals surface area contributed by atoms with E-state index in [1.54, 1.807) is 13.2 Å². The van der Waals surface area contributed by atoms with E-state index < -0.39 is 0 Å². The fourth-order valence-corrected chi connectivity index (χ4v) is 3.00. The Bertz CT molecular complexity index is 898. The molecule has 0 radical (unpaired) electrons. The van der Waals surface area contributed by atoms with Gasteiger partial charge in [0.2, 0.25) is 12.7 Å². The lowest BCUT2D eigenvalue weighted by Crippen LogP contribution is -2.21. The number of rotatable bonds is 2. The number of fused-ring (bicyclic) bond motifs is 2. The van der Waals surface area contributed by atoms with Crippen molar-refractivity contribution in [2.45, 2.75) is 5.92 Å². The minimum Gasteiger partial charge on any atom is -0.497 e. The number of nitrogens with zero attached hydrogens (tertiary/aromatic N) is 1. The summed E-state index contributed by atoms with van der Waals surface area (Å²) in [6, 6.07) is 13.3. The first-order valence-corrected chi connectivity index (χ1v) is 7.36. The third-order valence-corrected chi connectivity index (χ3v) is 4.16. The summed E-state index contributed by atoms with van der Waals surface area (Å²) in [6.07, 6.45) is 0. The summed E-state index contributed by atoms with van der Waals surface area (Å²) in [5.41, 5.74) is 8.07. The summed E-state index contributed by atoms with van der Waals surface area (Å²) in [5, 5.41) is 9.56. The van der Waals surface area contributed by atoms with Gasteiger partial charge in [0.05, 0.1) is 13.0 Å². The molecule has 0 aromatic heterocycles. The van der Waals surface area contributed by atoms with E-state index in [0.717, 1.165) is 11.1 Å². The van der Waals surface area contributed by atoms with Crippen LogP contribution >= 0.6 is 0 Å². The molecule has 120 valence electrons. The molecule has 2 aromatic rings. The molecule has 0 amide bonds. The largest absolute Gasteiger partial charge is 0.497 e. The molecule has 2 aromatic carbocycles. The predicted molar refractivity (Wildman–Crippen MR) is 84.9 cm³/mol. The van der Waals surface area contributed by atoms with Crippen LogP contribution in [-0.4, -0.2) is 13.9 Å². The van der Waals surface area contributed by atoms with E-state index in [2.05, 4.69) is 6.07 Å². The Balaban J connectivity index is 1.88. The minimum absolute atomic E-state index is 0.0981. The molecule has 1 atom stereocenters. The second kappa shape index (κ2) is 5.39. The van der Waals surface area contributed by atoms with Gasteiger partial charge in [0.15, 0.2) is 11.5 Å². The van der Waals surface area contributed by atoms with Crippen LogP contribution in [-0.2, 0) is 0 Å². The number of hydrogen-bond acceptors (Lipinski definition) is 6. The fraction of sp³-hybridized carbons (Fsp3) is 0.167. The smallest absolute Gasteiger partial charge is 0.231 e. The van der Waals surface area contributed by atoms with Gasteiger partial charge in [-0.1, -0.05) is 12.1 Å². The number of nitrogens with two attached hydrogens (primary N) is 1. The number of nitriles is 1. The molecule has 2 aliphatic heterocycles. The van der Waals surface area contributed by atoms with Crippen LogP contribution in [0.1, 0.15) is 17.0 Å². The Morgan fingerprint density at radius 3 is 2.75 bits per heavy atom. The average Bonchev–Trinajstić information content (AvgIpc) is 3.07. The van der Waals surface area contributed by atoms with Gasteiger partial charge in [0.1, 0.15) is 23.1 Å². The van der Waals surface area contributed by atoms with Gasteiger partial charge in [-0.3, -0.25) is 0 Å². The molecule has 0 saturated heterocycles. The molecular weight excluding hydrogens is 308 g/mol. The SMILES string of the molecule is COc1ccc2c(c1)OC(N)=C(C#N)[C@H]2c1ccc2c(c1)OCO2. The molecule has 0 bridgehead atoms. The number of benzene rings is 2. The van der Waals surface area contributed by atoms with Gasteiger partial charge in [0, 0.05) is 11.6 Å². The van der Waals surface area contributed by atoms with E-state index in [9.17, 15) is 5.26 Å². The first kappa shape index (κ1) is 14.3. The number of ether oxygens (including phenoxy) is 4. The Morgan fingerprint density at radius 2 is 1.96 bits per heavy atom. The second-order valence-electron chi connectivity index (χ2n) is 5.44. The number of methoxy groups -OCH3 is 1. The minimum atomic E-state index is -0.334. The van der Waals surface area contributed by atoms with E-state index in [1.165, 1.54) is 0 Å². The Labute approximate surface area is 138 Å². The lowest BCUT2D eigenvalue weighted by Gasteiger charge is -2.26. The first-order chi connectivity index (χ1) is 11.7. The van der Waals surface area contributed by atoms with Crippen LogP contribution in [0.2, 0.25) is 0 Å². The summed E-state index contributed by atoms with van der Waals surface area (Å²) < 4.78 is 21.6. The highest BCUT2D eigenvalue weighted by Crippen LogP contribution is 2.45. The van der Waals surface area contributed by atoms with Crippen LogP contribution in [0.3, 0.4) is 0 Å². The Hall–Kier alpha value is -3.33. The number of allylic oxidation sites excluding steroid dienone is 1. The van der Waals surface area contributed by atoms with Gasteiger partial charge in [-0.2, -0.15) is 5.26 Å². The maximum atomic E-state index is 9.56. The summed E-state index contributed by atoms with van der Waals surface area (Å²) in [6.45, 7) is 0.198. The van der Waals surface area contributed by atoms with Crippen LogP contribution in [0.5, 0.6) is 23.0 Å². The Morgan fingerprint density at radius 1 is 1.12 bits per heavy atom. The molecule has 24 heavy (non-hydrogen) atoms. The first-order valence-electron chi connectivity index (χ1n) is 7.36. The van der Waals surface area contributed by atoms with Crippen LogP contribution in [0, 0.1) is 11.3 Å². The zero-order valence-corrected chi connectivity index (χ0v) is 12.9. The summed E-state index contributed by atoms with van der Waals surface area (Å²) in [7, 11) is 1.58. The van der Waals surface area contributed by atoms with E-state index in [4.69, 9.17) is 24.7 Å². The summed E-state index contributed by atoms with van der Waals surface area (Å²) >= 11 is 0. The van der Waals surface area contributed by atoms with Gasteiger partial charge in [-0.05, 0) is 23.8 Å². The second-order valence-corrected chi connectivity index (χ2v) is 5.44. The molecular formula is C18H14N2O4. The van der Waals surface area contributed by atoms with Crippen LogP contribution < -0.4 is 24.7 Å². The molecule has 6 nitrogen and oxygen atoms in total. The van der Waals surface area contributed by atoms with Crippen LogP contribution in [0.25, 0.3) is 0 Å². The van der Waals surface area contributed by atoms with E-state index in [1.807, 2.05) is 30.3 Å². The van der Waals surface area contributed by atoms with Crippen molar-refractivity contribution in [2.75, 3.05) is 13.9 Å². The average molecular weight is 322 g/mol. The summed E-state index contributed by atoms with van der Waals surface area (Å²) in [5.74, 6) is 2.35. The maximum Gasteiger partial charge on any atom is 0.231 e. The molecule has 2 aliphatic rings. The van der Waals surface area contributed by atoms with Crippen LogP contribution in [0.4, 0.5) is 0 Å². The quantitative estimate of drug-likeness (QED) is 0.914. The number of hydrogen-bond donors (Lipinski definition) is 1. The van der Waals surface area contributed by atoms with Gasteiger partial charge in [0.25, 0.3) is 0 Å². The van der Waals surface area contributed by atoms with Crippen molar-refractivity contribution in [3.63, 3.8) is 0 Å². The molecule has 0 spiro atoms. The Kier molecular flexibility index (Phi) is 3.21. The molecule has 0 fully saturated rings. The molecule has 0 saturated carbocycles. The fourth-order valence-electron chi connectivity index (χ4n) is 3.00. The third-order valence-electron chi connectivity index (χ3n) is 4.16. The topological polar surface area (TPSA) is 86.7 Å². The van der Waals surface area contributed by atoms with Crippen molar-refractivity contribution in [1.82, 2.24) is 0 Å². The molecule has 2 heterocycles. The van der Waals surface area contributed by atoms with Crippen molar-refractivity contribution >= 4 is 0 Å². The highest BCUT2D eigenvalue weighted by atomic mass is 16.7. The molecule has 0 aliphatic carbocycles. The van der Waals surface area contributed by atoms with Gasteiger partial charge >= 0.3 is 0 Å². The predicted octanol–water partition coefficient (Wildman–Crippen LogP) is 2.64. The van der Waals surface area contributed by atoms with E-state index in [-0.39, 0.29) is 18.6 Å². The molecule has 6 heteroatoms. The lowest BCUT2D eigenvalue weighted by atomic mass is 9.83. The van der Waals surface area contributed by atoms with Crippen LogP contribution in [0.15, 0.2) is 47.9 Å². The van der Waals surface area contributed by atoms with Crippen molar-refractivity contribution in [2.24, 2.45) is 5.73 Å². The van der Waals surface area contributed by atoms with E-state index in [0.29, 0.717) is 28.6 Å². The monoisotopic (exact) mass is 322 g/mol. The van der Waals surface area contributed by atoms with Crippen molar-refractivity contribution in [1.29, 1.82) is 5.26 Å². The third kappa shape index (κ3) is 2.10. The molecule has 0 unspecified atom stereocenters. The lowest BCUT2D eigenvalue weighted by molar-refractivity contribution is 0.174. The standard InChI is InChI=1S/C18H14N2O4/c1-21-11-3-4-12-15(7-11)24-18(20)13(8-19)17(12)10-2-5-14-16(6-10)23-9-22-14/h2-7,17H,9,20H2,1H3/t17-/m0/s1. The summed E-state index contributed by atoms with van der Waals surface area (Å²) in [4.78, 5) is 0. The van der Waals surface area contributed by atoms with E-state index >= 15 is 0 Å². The zero-order valence-electron chi connectivity index (χ0n) is 12.9. The van der Waals surface area contributed by atoms with Gasteiger partial charge < -0.3 is 24.7 Å². The van der Waals surface area contributed by atoms with Gasteiger partial charge in [-0.25, -0.2) is 0 Å². The van der Waals surface area contributed by atoms with Gasteiger partial charge in [-0.15, -0.1) is 0 Å². The molecule has 4 rings (SSSR count). The van der Waals surface area contributed by atoms with Crippen molar-refractivity contribution in [3.8, 4) is 29.1 Å². The van der Waals surface area contributed by atoms with Crippen molar-refractivity contribution in [3.05, 3.63) is 59.0 Å². The highest BCUT2D eigenvalue weighted by Gasteiger charge is 2.32. The normalized spacial score (nSPS) is 17.8. The van der Waals surface area contributed by atoms with Crippen molar-refractivity contribution < 1.29 is 18.9 Å². The zero-order chi connectivity index (χ0) is 16.7. The highest BCUT2D eigenvalue weighted by molar-refractivity contribution is 5.59.